The highest BCUT2D eigenvalue weighted by atomic mass is 32.2. The summed E-state index contributed by atoms with van der Waals surface area (Å²) < 4.78 is 2.63. The van der Waals surface area contributed by atoms with Crippen LogP contribution < -0.4 is 10.2 Å². The Bertz CT molecular complexity index is 2160. The minimum atomic E-state index is 0.212. The van der Waals surface area contributed by atoms with E-state index in [0.29, 0.717) is 0 Å². The summed E-state index contributed by atoms with van der Waals surface area (Å²) in [7, 11) is 0. The number of nitrogens with zero attached hydrogens (tertiary/aromatic N) is 1. The van der Waals surface area contributed by atoms with E-state index >= 15 is 0 Å². The van der Waals surface area contributed by atoms with E-state index in [0.717, 1.165) is 5.69 Å². The molecule has 0 radical (unpaired) electrons. The van der Waals surface area contributed by atoms with Crippen LogP contribution in [0.25, 0.3) is 41.5 Å². The van der Waals surface area contributed by atoms with Gasteiger partial charge in [0.25, 0.3) is 0 Å². The maximum atomic E-state index is 3.90. The van der Waals surface area contributed by atoms with Crippen molar-refractivity contribution in [3.63, 3.8) is 0 Å². The van der Waals surface area contributed by atoms with Crippen molar-refractivity contribution in [3.8, 4) is 0 Å². The number of benzene rings is 6. The van der Waals surface area contributed by atoms with Gasteiger partial charge in [0, 0.05) is 42.0 Å². The molecule has 0 spiro atoms. The van der Waals surface area contributed by atoms with Crippen LogP contribution in [0.2, 0.25) is 0 Å². The quantitative estimate of drug-likeness (QED) is 0.230. The maximum absolute atomic E-state index is 3.90. The van der Waals surface area contributed by atoms with Gasteiger partial charge in [-0.05, 0) is 64.4 Å². The predicted molar refractivity (Wildman–Crippen MR) is 178 cm³/mol. The molecule has 4 heteroatoms. The van der Waals surface area contributed by atoms with Crippen LogP contribution in [0.5, 0.6) is 0 Å². The highest BCUT2D eigenvalue weighted by Gasteiger charge is 2.34. The summed E-state index contributed by atoms with van der Waals surface area (Å²) in [6.45, 7) is 0. The molecule has 1 atom stereocenters. The molecule has 1 N–H and O–H groups in total. The van der Waals surface area contributed by atoms with Crippen molar-refractivity contribution in [1.82, 2.24) is 5.32 Å². The average molecular weight is 561 g/mol. The van der Waals surface area contributed by atoms with Gasteiger partial charge in [0.1, 0.15) is 5.37 Å². The van der Waals surface area contributed by atoms with Crippen molar-refractivity contribution >= 4 is 81.7 Å². The molecule has 0 bridgehead atoms. The van der Waals surface area contributed by atoms with Crippen LogP contribution in [-0.4, -0.2) is 0 Å². The molecular formula is C37H24N2S2. The second-order valence-electron chi connectivity index (χ2n) is 10.6. The summed E-state index contributed by atoms with van der Waals surface area (Å²) in [5.41, 5.74) is 8.72. The Morgan fingerprint density at radius 1 is 0.585 bits per heavy atom. The lowest BCUT2D eigenvalue weighted by molar-refractivity contribution is 0.881. The van der Waals surface area contributed by atoms with E-state index in [4.69, 9.17) is 0 Å². The third-order valence-electron chi connectivity index (χ3n) is 8.21. The molecule has 1 aromatic heterocycles. The molecular weight excluding hydrogens is 537 g/mol. The minimum absolute atomic E-state index is 0.212. The summed E-state index contributed by atoms with van der Waals surface area (Å²) in [6.07, 6.45) is 0. The lowest BCUT2D eigenvalue weighted by atomic mass is 10.0. The van der Waals surface area contributed by atoms with Crippen molar-refractivity contribution in [2.24, 2.45) is 0 Å². The predicted octanol–water partition coefficient (Wildman–Crippen LogP) is 10.9. The molecule has 1 aliphatic heterocycles. The van der Waals surface area contributed by atoms with E-state index in [1.54, 1.807) is 0 Å². The number of fused-ring (bicyclic) bond motifs is 5. The van der Waals surface area contributed by atoms with E-state index in [9.17, 15) is 0 Å². The van der Waals surface area contributed by atoms with Crippen LogP contribution in [0, 0.1) is 0 Å². The van der Waals surface area contributed by atoms with Gasteiger partial charge in [-0.1, -0.05) is 103 Å². The van der Waals surface area contributed by atoms with E-state index in [2.05, 4.69) is 144 Å². The Morgan fingerprint density at radius 3 is 2.22 bits per heavy atom. The monoisotopic (exact) mass is 560 g/mol. The SMILES string of the molecule is c1ccc(C2NC3=C(S2)c2cccc4cc(N(c5ccccc5)c5cccc6sc7ccccc7c56)cc3c24)cc1. The van der Waals surface area contributed by atoms with Gasteiger partial charge in [-0.2, -0.15) is 0 Å². The first-order chi connectivity index (χ1) is 20.3. The zero-order valence-electron chi connectivity index (χ0n) is 22.0. The van der Waals surface area contributed by atoms with Crippen LogP contribution in [0.3, 0.4) is 0 Å². The highest BCUT2D eigenvalue weighted by Crippen LogP contribution is 2.56. The van der Waals surface area contributed by atoms with Gasteiger partial charge in [0.15, 0.2) is 0 Å². The van der Waals surface area contributed by atoms with Gasteiger partial charge < -0.3 is 10.2 Å². The molecule has 7 aromatic rings. The lowest BCUT2D eigenvalue weighted by Crippen LogP contribution is -2.13. The number of anilines is 3. The third kappa shape index (κ3) is 3.51. The smallest absolute Gasteiger partial charge is 0.103 e. The molecule has 2 heterocycles. The zero-order chi connectivity index (χ0) is 26.9. The molecule has 194 valence electrons. The van der Waals surface area contributed by atoms with Crippen molar-refractivity contribution in [1.29, 1.82) is 0 Å². The standard InChI is InChI=1S/C37H24N2S2/c1-3-11-23(12-4-1)37-38-35-29-22-26(21-24-13-9-17-28(33(24)29)36(35)41-37)39(25-14-5-2-6-15-25)30-18-10-20-32-34(30)27-16-7-8-19-31(27)40-32/h1-22,37-38H. The first-order valence-electron chi connectivity index (χ1n) is 13.9. The Balaban J connectivity index is 1.27. The second kappa shape index (κ2) is 9.00. The van der Waals surface area contributed by atoms with Gasteiger partial charge in [-0.15, -0.1) is 11.3 Å². The second-order valence-corrected chi connectivity index (χ2v) is 12.8. The Kier molecular flexibility index (Phi) is 5.10. The number of rotatable bonds is 4. The summed E-state index contributed by atoms with van der Waals surface area (Å²) in [6, 6.07) is 48.6. The first kappa shape index (κ1) is 23.2. The summed E-state index contributed by atoms with van der Waals surface area (Å²) in [5.74, 6) is 0. The van der Waals surface area contributed by atoms with Gasteiger partial charge >= 0.3 is 0 Å². The largest absolute Gasteiger partial charge is 0.368 e. The van der Waals surface area contributed by atoms with Crippen LogP contribution >= 0.6 is 23.1 Å². The third-order valence-corrected chi connectivity index (χ3v) is 10.6. The van der Waals surface area contributed by atoms with E-state index < -0.39 is 0 Å². The van der Waals surface area contributed by atoms with Crippen LogP contribution in [0.1, 0.15) is 22.1 Å². The molecule has 2 nitrogen and oxygen atoms in total. The van der Waals surface area contributed by atoms with Crippen LogP contribution in [-0.2, 0) is 0 Å². The van der Waals surface area contributed by atoms with Gasteiger partial charge in [-0.3, -0.25) is 0 Å². The molecule has 0 amide bonds. The van der Waals surface area contributed by atoms with Gasteiger partial charge in [-0.25, -0.2) is 0 Å². The minimum Gasteiger partial charge on any atom is -0.368 e. The summed E-state index contributed by atoms with van der Waals surface area (Å²) >= 11 is 3.80. The number of para-hydroxylation sites is 1. The molecule has 6 aromatic carbocycles. The van der Waals surface area contributed by atoms with Crippen LogP contribution in [0.15, 0.2) is 133 Å². The van der Waals surface area contributed by atoms with E-state index in [-0.39, 0.29) is 5.37 Å². The van der Waals surface area contributed by atoms with Gasteiger partial charge in [0.05, 0.1) is 11.4 Å². The molecule has 41 heavy (non-hydrogen) atoms. The van der Waals surface area contributed by atoms with Crippen LogP contribution in [0.4, 0.5) is 17.1 Å². The number of hydrogen-bond acceptors (Lipinski definition) is 4. The Morgan fingerprint density at radius 2 is 1.34 bits per heavy atom. The lowest BCUT2D eigenvalue weighted by Gasteiger charge is -2.27. The summed E-state index contributed by atoms with van der Waals surface area (Å²) in [5, 5.41) is 9.34. The number of thiophene rings is 1. The number of nitrogens with one attached hydrogen (secondary N) is 1. The van der Waals surface area contributed by atoms with Crippen molar-refractivity contribution in [2.45, 2.75) is 5.37 Å². The highest BCUT2D eigenvalue weighted by molar-refractivity contribution is 8.09. The van der Waals surface area contributed by atoms with Crippen molar-refractivity contribution in [2.75, 3.05) is 4.90 Å². The fourth-order valence-corrected chi connectivity index (χ4v) is 8.87. The number of hydrogen-bond donors (Lipinski definition) is 1. The van der Waals surface area contributed by atoms with E-state index in [1.807, 2.05) is 23.1 Å². The topological polar surface area (TPSA) is 15.3 Å². The molecule has 1 aliphatic carbocycles. The maximum Gasteiger partial charge on any atom is 0.103 e. The molecule has 1 unspecified atom stereocenters. The van der Waals surface area contributed by atoms with E-state index in [1.165, 1.54) is 69.6 Å². The Hall–Kier alpha value is -4.51. The molecule has 0 fully saturated rings. The molecule has 0 saturated heterocycles. The molecule has 9 rings (SSSR count). The normalized spacial score (nSPS) is 15.6. The van der Waals surface area contributed by atoms with Crippen molar-refractivity contribution < 1.29 is 0 Å². The summed E-state index contributed by atoms with van der Waals surface area (Å²) in [4.78, 5) is 3.80. The van der Waals surface area contributed by atoms with Gasteiger partial charge in [0.2, 0.25) is 0 Å². The fraction of sp³-hybridized carbons (Fsp3) is 0.0270. The molecule has 0 saturated carbocycles. The Labute approximate surface area is 246 Å². The fourth-order valence-electron chi connectivity index (χ4n) is 6.45. The van der Waals surface area contributed by atoms with Crippen molar-refractivity contribution in [3.05, 3.63) is 150 Å². The number of thioether (sulfide) groups is 1. The zero-order valence-corrected chi connectivity index (χ0v) is 23.7. The first-order valence-corrected chi connectivity index (χ1v) is 15.6. The average Bonchev–Trinajstić information content (AvgIpc) is 3.71. The molecule has 2 aliphatic rings.